The third-order valence-electron chi connectivity index (χ3n) is 3.17. The number of nitrogens with zero attached hydrogens (tertiary/aromatic N) is 1. The number of hydrogen-bond acceptors (Lipinski definition) is 3. The van der Waals surface area contributed by atoms with Crippen molar-refractivity contribution in [3.05, 3.63) is 46.2 Å². The molecule has 1 N–H and O–H groups in total. The number of thiazole rings is 1. The van der Waals surface area contributed by atoms with Crippen LogP contribution in [0.15, 0.2) is 24.3 Å². The Morgan fingerprint density at radius 3 is 2.68 bits per heavy atom. The summed E-state index contributed by atoms with van der Waals surface area (Å²) in [6.45, 7) is 0. The van der Waals surface area contributed by atoms with E-state index in [0.29, 0.717) is 10.7 Å². The lowest BCUT2D eigenvalue weighted by atomic mass is 10.0. The second-order valence-electron chi connectivity index (χ2n) is 4.56. The molecule has 1 aromatic heterocycles. The highest BCUT2D eigenvalue weighted by Crippen LogP contribution is 2.29. The number of aromatic nitrogens is 1. The van der Waals surface area contributed by atoms with Gasteiger partial charge in [0.25, 0.3) is 5.91 Å². The Labute approximate surface area is 114 Å². The average Bonchev–Trinajstić information content (AvgIpc) is 2.81. The second kappa shape index (κ2) is 5.09. The van der Waals surface area contributed by atoms with Crippen LogP contribution in [0.3, 0.4) is 0 Å². The van der Waals surface area contributed by atoms with Gasteiger partial charge in [-0.1, -0.05) is 0 Å². The van der Waals surface area contributed by atoms with E-state index in [2.05, 4.69) is 10.3 Å². The number of amides is 1. The van der Waals surface area contributed by atoms with Gasteiger partial charge >= 0.3 is 0 Å². The van der Waals surface area contributed by atoms with Crippen LogP contribution in [0.5, 0.6) is 0 Å². The summed E-state index contributed by atoms with van der Waals surface area (Å²) >= 11 is 1.54. The molecular weight excluding hydrogens is 263 g/mol. The topological polar surface area (TPSA) is 42.0 Å². The van der Waals surface area contributed by atoms with E-state index in [-0.39, 0.29) is 11.7 Å². The predicted molar refractivity (Wildman–Crippen MR) is 73.1 cm³/mol. The van der Waals surface area contributed by atoms with Crippen molar-refractivity contribution in [3.63, 3.8) is 0 Å². The molecule has 1 heterocycles. The first kappa shape index (κ1) is 12.3. The van der Waals surface area contributed by atoms with Gasteiger partial charge < -0.3 is 0 Å². The lowest BCUT2D eigenvalue weighted by Gasteiger charge is -2.06. The molecule has 0 radical (unpaired) electrons. The maximum absolute atomic E-state index is 12.8. The maximum Gasteiger partial charge on any atom is 0.257 e. The number of aryl methyl sites for hydroxylation is 2. The summed E-state index contributed by atoms with van der Waals surface area (Å²) in [4.78, 5) is 17.7. The average molecular weight is 276 g/mol. The standard InChI is InChI=1S/C14H13FN2OS/c15-10-7-5-9(6-8-10)13(18)17-14-16-11-3-1-2-4-12(11)19-14/h5-8H,1-4H2,(H,16,17,18). The van der Waals surface area contributed by atoms with Gasteiger partial charge in [0, 0.05) is 10.4 Å². The van der Waals surface area contributed by atoms with E-state index in [1.165, 1.54) is 42.0 Å². The van der Waals surface area contributed by atoms with E-state index in [1.807, 2.05) is 0 Å². The first-order chi connectivity index (χ1) is 9.22. The zero-order valence-corrected chi connectivity index (χ0v) is 11.1. The van der Waals surface area contributed by atoms with Crippen LogP contribution in [-0.2, 0) is 12.8 Å². The summed E-state index contributed by atoms with van der Waals surface area (Å²) in [7, 11) is 0. The van der Waals surface area contributed by atoms with Gasteiger partial charge in [-0.25, -0.2) is 9.37 Å². The van der Waals surface area contributed by atoms with E-state index in [4.69, 9.17) is 0 Å². The van der Waals surface area contributed by atoms with Gasteiger partial charge in [0.05, 0.1) is 5.69 Å². The Balaban J connectivity index is 1.75. The van der Waals surface area contributed by atoms with Crippen molar-refractivity contribution in [2.75, 3.05) is 5.32 Å². The molecule has 0 bridgehead atoms. The number of fused-ring (bicyclic) bond motifs is 1. The van der Waals surface area contributed by atoms with E-state index < -0.39 is 0 Å². The second-order valence-corrected chi connectivity index (χ2v) is 5.64. The van der Waals surface area contributed by atoms with Crippen LogP contribution < -0.4 is 5.32 Å². The molecule has 0 saturated carbocycles. The Morgan fingerprint density at radius 2 is 1.95 bits per heavy atom. The van der Waals surface area contributed by atoms with E-state index in [1.54, 1.807) is 11.3 Å². The summed E-state index contributed by atoms with van der Waals surface area (Å²) in [6.07, 6.45) is 4.42. The van der Waals surface area contributed by atoms with Crippen molar-refractivity contribution in [1.82, 2.24) is 4.98 Å². The molecule has 0 saturated heterocycles. The number of halogens is 1. The van der Waals surface area contributed by atoms with Crippen molar-refractivity contribution < 1.29 is 9.18 Å². The summed E-state index contributed by atoms with van der Waals surface area (Å²) < 4.78 is 12.8. The predicted octanol–water partition coefficient (Wildman–Crippen LogP) is 3.41. The maximum atomic E-state index is 12.8. The molecule has 3 rings (SSSR count). The Kier molecular flexibility index (Phi) is 3.29. The van der Waals surface area contributed by atoms with Crippen LogP contribution in [0.2, 0.25) is 0 Å². The van der Waals surface area contributed by atoms with E-state index in [0.717, 1.165) is 18.5 Å². The van der Waals surface area contributed by atoms with Crippen LogP contribution in [0.1, 0.15) is 33.8 Å². The minimum atomic E-state index is -0.346. The zero-order valence-electron chi connectivity index (χ0n) is 10.3. The van der Waals surface area contributed by atoms with Crippen LogP contribution in [0.4, 0.5) is 9.52 Å². The SMILES string of the molecule is O=C(Nc1nc2c(s1)CCCC2)c1ccc(F)cc1. The number of carbonyl (C=O) groups is 1. The van der Waals surface area contributed by atoms with Crippen molar-refractivity contribution in [3.8, 4) is 0 Å². The molecule has 1 amide bonds. The molecule has 1 aliphatic carbocycles. The fraction of sp³-hybridized carbons (Fsp3) is 0.286. The summed E-state index contributed by atoms with van der Waals surface area (Å²) in [5, 5.41) is 3.42. The minimum Gasteiger partial charge on any atom is -0.298 e. The molecule has 19 heavy (non-hydrogen) atoms. The number of benzene rings is 1. The van der Waals surface area contributed by atoms with Crippen LogP contribution in [0, 0.1) is 5.82 Å². The van der Waals surface area contributed by atoms with Crippen molar-refractivity contribution >= 4 is 22.4 Å². The molecular formula is C14H13FN2OS. The summed E-state index contributed by atoms with van der Waals surface area (Å²) in [5.74, 6) is -0.590. The van der Waals surface area contributed by atoms with Gasteiger partial charge in [-0.2, -0.15) is 0 Å². The normalized spacial score (nSPS) is 13.9. The molecule has 0 unspecified atom stereocenters. The number of hydrogen-bond donors (Lipinski definition) is 1. The third-order valence-corrected chi connectivity index (χ3v) is 4.25. The van der Waals surface area contributed by atoms with Crippen molar-refractivity contribution in [2.45, 2.75) is 25.7 Å². The van der Waals surface area contributed by atoms with Gasteiger partial charge in [-0.05, 0) is 49.9 Å². The molecule has 0 fully saturated rings. The summed E-state index contributed by atoms with van der Waals surface area (Å²) in [5.41, 5.74) is 1.56. The molecule has 1 aliphatic rings. The molecule has 3 nitrogen and oxygen atoms in total. The zero-order chi connectivity index (χ0) is 13.2. The van der Waals surface area contributed by atoms with Crippen molar-refractivity contribution in [1.29, 1.82) is 0 Å². The molecule has 2 aromatic rings. The molecule has 0 spiro atoms. The molecule has 98 valence electrons. The molecule has 0 atom stereocenters. The largest absolute Gasteiger partial charge is 0.298 e. The first-order valence-electron chi connectivity index (χ1n) is 6.28. The van der Waals surface area contributed by atoms with Crippen molar-refractivity contribution in [2.24, 2.45) is 0 Å². The quantitative estimate of drug-likeness (QED) is 0.913. The minimum absolute atomic E-state index is 0.244. The number of anilines is 1. The first-order valence-corrected chi connectivity index (χ1v) is 7.09. The fourth-order valence-electron chi connectivity index (χ4n) is 2.18. The third kappa shape index (κ3) is 2.66. The van der Waals surface area contributed by atoms with Crippen LogP contribution in [0.25, 0.3) is 0 Å². The van der Waals surface area contributed by atoms with E-state index in [9.17, 15) is 9.18 Å². The van der Waals surface area contributed by atoms with Gasteiger partial charge in [0.15, 0.2) is 5.13 Å². The van der Waals surface area contributed by atoms with Crippen LogP contribution >= 0.6 is 11.3 Å². The monoisotopic (exact) mass is 276 g/mol. The highest BCUT2D eigenvalue weighted by molar-refractivity contribution is 7.15. The Hall–Kier alpha value is -1.75. The lowest BCUT2D eigenvalue weighted by Crippen LogP contribution is -2.11. The number of carbonyl (C=O) groups excluding carboxylic acids is 1. The fourth-order valence-corrected chi connectivity index (χ4v) is 3.22. The Bertz CT molecular complexity index is 583. The van der Waals surface area contributed by atoms with Crippen LogP contribution in [-0.4, -0.2) is 10.9 Å². The number of rotatable bonds is 2. The molecule has 5 heteroatoms. The van der Waals surface area contributed by atoms with Gasteiger partial charge in [-0.15, -0.1) is 11.3 Å². The Morgan fingerprint density at radius 1 is 1.21 bits per heavy atom. The highest BCUT2D eigenvalue weighted by atomic mass is 32.1. The van der Waals surface area contributed by atoms with Gasteiger partial charge in [0.2, 0.25) is 0 Å². The smallest absolute Gasteiger partial charge is 0.257 e. The molecule has 0 aliphatic heterocycles. The number of nitrogens with one attached hydrogen (secondary N) is 1. The van der Waals surface area contributed by atoms with Gasteiger partial charge in [-0.3, -0.25) is 10.1 Å². The highest BCUT2D eigenvalue weighted by Gasteiger charge is 2.16. The molecule has 1 aromatic carbocycles. The summed E-state index contributed by atoms with van der Waals surface area (Å²) in [6, 6.07) is 5.50. The van der Waals surface area contributed by atoms with Gasteiger partial charge in [0.1, 0.15) is 5.82 Å². The van der Waals surface area contributed by atoms with E-state index >= 15 is 0 Å². The lowest BCUT2D eigenvalue weighted by molar-refractivity contribution is 0.102.